The number of benzene rings is 2. The SMILES string of the molecule is Oc1c(Cl)cc(CCNc2cc(C(F)(F)F)cc(C(F)(F)F)c2)cc1Cl. The summed E-state index contributed by atoms with van der Waals surface area (Å²) in [5, 5.41) is 12.0. The average molecular weight is 418 g/mol. The van der Waals surface area contributed by atoms with E-state index in [-0.39, 0.29) is 40.5 Å². The summed E-state index contributed by atoms with van der Waals surface area (Å²) in [6.07, 6.45) is -9.61. The van der Waals surface area contributed by atoms with Gasteiger partial charge in [0.05, 0.1) is 21.2 Å². The lowest BCUT2D eigenvalue weighted by Gasteiger charge is -2.15. The summed E-state index contributed by atoms with van der Waals surface area (Å²) < 4.78 is 76.8. The second kappa shape index (κ2) is 7.44. The Morgan fingerprint density at radius 2 is 1.27 bits per heavy atom. The van der Waals surface area contributed by atoms with Crippen molar-refractivity contribution >= 4 is 28.9 Å². The van der Waals surface area contributed by atoms with Gasteiger partial charge in [0.25, 0.3) is 0 Å². The first-order chi connectivity index (χ1) is 11.9. The van der Waals surface area contributed by atoms with Gasteiger partial charge in [0, 0.05) is 12.2 Å². The van der Waals surface area contributed by atoms with Crippen LogP contribution in [0.1, 0.15) is 16.7 Å². The van der Waals surface area contributed by atoms with Crippen LogP contribution in [-0.4, -0.2) is 11.7 Å². The van der Waals surface area contributed by atoms with Crippen LogP contribution in [0.25, 0.3) is 0 Å². The Morgan fingerprint density at radius 3 is 1.69 bits per heavy atom. The molecule has 2 nitrogen and oxygen atoms in total. The Kier molecular flexibility index (Phi) is 5.87. The van der Waals surface area contributed by atoms with Crippen molar-refractivity contribution in [1.29, 1.82) is 0 Å². The van der Waals surface area contributed by atoms with Gasteiger partial charge in [-0.05, 0) is 42.3 Å². The monoisotopic (exact) mass is 417 g/mol. The predicted molar refractivity (Wildman–Crippen MR) is 86.8 cm³/mol. The molecule has 0 aromatic heterocycles. The number of phenolic OH excluding ortho intramolecular Hbond substituents is 1. The van der Waals surface area contributed by atoms with E-state index < -0.39 is 23.5 Å². The van der Waals surface area contributed by atoms with E-state index in [1.807, 2.05) is 0 Å². The lowest BCUT2D eigenvalue weighted by molar-refractivity contribution is -0.143. The standard InChI is InChI=1S/C16H11Cl2F6NO/c17-12-3-8(4-13(18)14(12)26)1-2-25-11-6-9(15(19,20)21)5-10(7-11)16(22,23)24/h3-7,25-26H,1-2H2. The fourth-order valence-electron chi connectivity index (χ4n) is 2.17. The molecule has 2 aromatic carbocycles. The molecule has 0 aliphatic carbocycles. The number of rotatable bonds is 4. The molecule has 0 radical (unpaired) electrons. The number of hydrogen-bond acceptors (Lipinski definition) is 2. The molecule has 26 heavy (non-hydrogen) atoms. The molecule has 2 rings (SSSR count). The molecular formula is C16H11Cl2F6NO. The molecule has 0 atom stereocenters. The zero-order chi connectivity index (χ0) is 19.7. The number of aromatic hydroxyl groups is 1. The highest BCUT2D eigenvalue weighted by Crippen LogP contribution is 2.37. The minimum Gasteiger partial charge on any atom is -0.505 e. The van der Waals surface area contributed by atoms with Crippen LogP contribution in [0, 0.1) is 0 Å². The zero-order valence-electron chi connectivity index (χ0n) is 12.8. The summed E-state index contributed by atoms with van der Waals surface area (Å²) in [5.74, 6) is -0.308. The van der Waals surface area contributed by atoms with Crippen LogP contribution in [0.3, 0.4) is 0 Å². The van der Waals surface area contributed by atoms with E-state index in [2.05, 4.69) is 5.32 Å². The van der Waals surface area contributed by atoms with E-state index in [0.29, 0.717) is 17.7 Å². The van der Waals surface area contributed by atoms with Crippen LogP contribution in [-0.2, 0) is 18.8 Å². The largest absolute Gasteiger partial charge is 0.505 e. The molecule has 10 heteroatoms. The van der Waals surface area contributed by atoms with Gasteiger partial charge in [-0.15, -0.1) is 0 Å². The number of anilines is 1. The van der Waals surface area contributed by atoms with Gasteiger partial charge in [-0.3, -0.25) is 0 Å². The minimum atomic E-state index is -4.91. The number of nitrogens with one attached hydrogen (secondary N) is 1. The van der Waals surface area contributed by atoms with Gasteiger partial charge in [-0.25, -0.2) is 0 Å². The lowest BCUT2D eigenvalue weighted by Crippen LogP contribution is -2.13. The van der Waals surface area contributed by atoms with Crippen molar-refractivity contribution in [2.24, 2.45) is 0 Å². The smallest absolute Gasteiger partial charge is 0.416 e. The molecule has 0 saturated carbocycles. The van der Waals surface area contributed by atoms with E-state index in [9.17, 15) is 31.4 Å². The van der Waals surface area contributed by atoms with E-state index in [0.717, 1.165) is 0 Å². The molecule has 0 saturated heterocycles. The second-order valence-corrected chi connectivity index (χ2v) is 6.19. The van der Waals surface area contributed by atoms with Gasteiger partial charge in [0.1, 0.15) is 0 Å². The normalized spacial score (nSPS) is 12.3. The Hall–Kier alpha value is -1.80. The van der Waals surface area contributed by atoms with Crippen LogP contribution < -0.4 is 5.32 Å². The van der Waals surface area contributed by atoms with E-state index >= 15 is 0 Å². The third-order valence-corrected chi connectivity index (χ3v) is 3.98. The Morgan fingerprint density at radius 1 is 0.808 bits per heavy atom. The molecule has 0 unspecified atom stereocenters. The van der Waals surface area contributed by atoms with Crippen molar-refractivity contribution in [1.82, 2.24) is 0 Å². The van der Waals surface area contributed by atoms with Crippen LogP contribution in [0.15, 0.2) is 30.3 Å². The predicted octanol–water partition coefficient (Wildman–Crippen LogP) is 6.39. The molecule has 0 spiro atoms. The molecular weight excluding hydrogens is 407 g/mol. The number of alkyl halides is 6. The summed E-state index contributed by atoms with van der Waals surface area (Å²) in [5.41, 5.74) is -2.56. The van der Waals surface area contributed by atoms with Crippen molar-refractivity contribution in [2.45, 2.75) is 18.8 Å². The van der Waals surface area contributed by atoms with Crippen LogP contribution in [0.4, 0.5) is 32.0 Å². The topological polar surface area (TPSA) is 32.3 Å². The zero-order valence-corrected chi connectivity index (χ0v) is 14.3. The summed E-state index contributed by atoms with van der Waals surface area (Å²) >= 11 is 11.5. The van der Waals surface area contributed by atoms with E-state index in [4.69, 9.17) is 23.2 Å². The third-order valence-electron chi connectivity index (χ3n) is 3.41. The first-order valence-electron chi connectivity index (χ1n) is 7.08. The van der Waals surface area contributed by atoms with Gasteiger partial charge in [0.15, 0.2) is 5.75 Å². The lowest BCUT2D eigenvalue weighted by atomic mass is 10.1. The maximum atomic E-state index is 12.8. The summed E-state index contributed by atoms with van der Waals surface area (Å²) in [6, 6.07) is 4.07. The Balaban J connectivity index is 2.19. The molecule has 0 aliphatic heterocycles. The van der Waals surface area contributed by atoms with Crippen molar-refractivity contribution in [2.75, 3.05) is 11.9 Å². The van der Waals surface area contributed by atoms with Crippen LogP contribution in [0.2, 0.25) is 10.0 Å². The molecule has 0 aliphatic rings. The van der Waals surface area contributed by atoms with Crippen molar-refractivity contribution in [3.63, 3.8) is 0 Å². The van der Waals surface area contributed by atoms with Crippen LogP contribution >= 0.6 is 23.2 Å². The minimum absolute atomic E-state index is 0.00840. The molecule has 0 heterocycles. The van der Waals surface area contributed by atoms with Crippen molar-refractivity contribution < 1.29 is 31.4 Å². The van der Waals surface area contributed by atoms with Crippen molar-refractivity contribution in [3.05, 3.63) is 57.1 Å². The van der Waals surface area contributed by atoms with Crippen LogP contribution in [0.5, 0.6) is 5.75 Å². The average Bonchev–Trinajstić information content (AvgIpc) is 2.50. The van der Waals surface area contributed by atoms with Gasteiger partial charge in [0.2, 0.25) is 0 Å². The third kappa shape index (κ3) is 5.11. The highest BCUT2D eigenvalue weighted by atomic mass is 35.5. The highest BCUT2D eigenvalue weighted by molar-refractivity contribution is 6.37. The first-order valence-corrected chi connectivity index (χ1v) is 7.84. The molecule has 2 aromatic rings. The molecule has 0 fully saturated rings. The fraction of sp³-hybridized carbons (Fsp3) is 0.250. The maximum Gasteiger partial charge on any atom is 0.416 e. The van der Waals surface area contributed by atoms with E-state index in [1.54, 1.807) is 0 Å². The number of halogens is 8. The number of phenols is 1. The summed E-state index contributed by atoms with van der Waals surface area (Å²) in [7, 11) is 0. The maximum absolute atomic E-state index is 12.8. The molecule has 2 N–H and O–H groups in total. The number of hydrogen-bond donors (Lipinski definition) is 2. The molecule has 0 amide bonds. The first kappa shape index (κ1) is 20.5. The van der Waals surface area contributed by atoms with Gasteiger partial charge in [-0.2, -0.15) is 26.3 Å². The van der Waals surface area contributed by atoms with Gasteiger partial charge < -0.3 is 10.4 Å². The Labute approximate surface area is 154 Å². The molecule has 142 valence electrons. The Bertz CT molecular complexity index is 749. The van der Waals surface area contributed by atoms with Gasteiger partial charge in [-0.1, -0.05) is 23.2 Å². The second-order valence-electron chi connectivity index (χ2n) is 5.38. The van der Waals surface area contributed by atoms with E-state index in [1.165, 1.54) is 12.1 Å². The van der Waals surface area contributed by atoms with Crippen molar-refractivity contribution in [3.8, 4) is 5.75 Å². The van der Waals surface area contributed by atoms with Gasteiger partial charge >= 0.3 is 12.4 Å². The molecule has 0 bridgehead atoms. The fourth-order valence-corrected chi connectivity index (χ4v) is 2.70. The summed E-state index contributed by atoms with van der Waals surface area (Å²) in [6.45, 7) is 0.0238. The quantitative estimate of drug-likeness (QED) is 0.564. The highest BCUT2D eigenvalue weighted by Gasteiger charge is 2.36. The summed E-state index contributed by atoms with van der Waals surface area (Å²) in [4.78, 5) is 0.